The number of benzene rings is 3. The maximum Gasteiger partial charge on any atom is 0.131 e. The summed E-state index contributed by atoms with van der Waals surface area (Å²) < 4.78 is 0. The first-order chi connectivity index (χ1) is 28.8. The number of aryl methyl sites for hydroxylation is 1. The van der Waals surface area contributed by atoms with E-state index >= 15 is 0 Å². The number of hydrogen-bond acceptors (Lipinski definition) is 6. The third-order valence-corrected chi connectivity index (χ3v) is 21.1. The molecule has 0 spiro atoms. The summed E-state index contributed by atoms with van der Waals surface area (Å²) in [6.07, 6.45) is 17.0. The van der Waals surface area contributed by atoms with Crippen LogP contribution in [0.2, 0.25) is 0 Å². The van der Waals surface area contributed by atoms with Gasteiger partial charge in [0.2, 0.25) is 0 Å². The lowest BCUT2D eigenvalue weighted by Gasteiger charge is -2.51. The first-order valence-corrected chi connectivity index (χ1v) is 24.5. The molecule has 3 aromatic carbocycles. The highest BCUT2D eigenvalue weighted by atomic mass is 16.3. The van der Waals surface area contributed by atoms with Crippen LogP contribution in [0.15, 0.2) is 30.3 Å². The first kappa shape index (κ1) is 38.6. The molecule has 0 saturated heterocycles. The zero-order valence-electron chi connectivity index (χ0n) is 36.2. The number of rotatable bonds is 2. The molecule has 6 nitrogen and oxygen atoms in total. The summed E-state index contributed by atoms with van der Waals surface area (Å²) in [5.74, 6) is 4.63. The van der Waals surface area contributed by atoms with Crippen LogP contribution >= 0.6 is 0 Å². The van der Waals surface area contributed by atoms with Gasteiger partial charge in [-0.05, 0) is 243 Å². The van der Waals surface area contributed by atoms with E-state index in [0.717, 1.165) is 127 Å². The summed E-state index contributed by atoms with van der Waals surface area (Å²) in [7, 11) is 0. The molecule has 3 aromatic rings. The predicted molar refractivity (Wildman–Crippen MR) is 234 cm³/mol. The van der Waals surface area contributed by atoms with Crippen molar-refractivity contribution in [3.8, 4) is 39.5 Å². The van der Waals surface area contributed by atoms with Gasteiger partial charge in [-0.2, -0.15) is 0 Å². The van der Waals surface area contributed by atoms with Gasteiger partial charge in [0.25, 0.3) is 0 Å². The van der Waals surface area contributed by atoms with Crippen molar-refractivity contribution in [1.29, 1.82) is 0 Å². The molecule has 6 fully saturated rings. The topological polar surface area (TPSA) is 121 Å². The minimum absolute atomic E-state index is 0.0153. The lowest BCUT2D eigenvalue weighted by molar-refractivity contribution is -0.0227. The minimum atomic E-state index is -0.251. The van der Waals surface area contributed by atoms with Crippen LogP contribution in [-0.2, 0) is 19.3 Å². The Morgan fingerprint density at radius 3 is 1.47 bits per heavy atom. The van der Waals surface area contributed by atoms with E-state index in [1.807, 2.05) is 12.1 Å². The predicted octanol–water partition coefficient (Wildman–Crippen LogP) is 10.8. The maximum absolute atomic E-state index is 13.1. The highest BCUT2D eigenvalue weighted by Crippen LogP contribution is 2.66. The van der Waals surface area contributed by atoms with Crippen molar-refractivity contribution in [3.63, 3.8) is 0 Å². The van der Waals surface area contributed by atoms with Crippen molar-refractivity contribution >= 4 is 0 Å². The van der Waals surface area contributed by atoms with Gasteiger partial charge in [-0.3, -0.25) is 0 Å². The second kappa shape index (κ2) is 13.2. The molecule has 0 radical (unpaired) electrons. The average Bonchev–Trinajstić information content (AvgIpc) is 3.84. The van der Waals surface area contributed by atoms with Gasteiger partial charge in [0.05, 0.1) is 18.3 Å². The second-order valence-electron chi connectivity index (χ2n) is 23.0. The lowest BCUT2D eigenvalue weighted by atomic mass is 9.54. The molecule has 0 aliphatic heterocycles. The normalized spacial score (nSPS) is 43.4. The maximum atomic E-state index is 13.1. The van der Waals surface area contributed by atoms with Crippen molar-refractivity contribution in [3.05, 3.63) is 63.7 Å². The van der Waals surface area contributed by atoms with Crippen LogP contribution in [0.1, 0.15) is 168 Å². The molecule has 6 N–H and O–H groups in total. The number of aliphatic hydroxyl groups is 3. The molecule has 60 heavy (non-hydrogen) atoms. The van der Waals surface area contributed by atoms with Gasteiger partial charge < -0.3 is 30.6 Å². The molecule has 6 saturated carbocycles. The van der Waals surface area contributed by atoms with Gasteiger partial charge >= 0.3 is 0 Å². The zero-order valence-corrected chi connectivity index (χ0v) is 36.2. The Balaban J connectivity index is 1.02. The molecule has 6 heteroatoms. The Hall–Kier alpha value is -3.06. The molecule has 12 rings (SSSR count). The number of hydrogen-bond donors (Lipinski definition) is 6. The van der Waals surface area contributed by atoms with Crippen LogP contribution in [-0.4, -0.2) is 49.0 Å². The summed E-state index contributed by atoms with van der Waals surface area (Å²) in [6.45, 7) is 6.98. The van der Waals surface area contributed by atoms with Crippen LogP contribution in [0.5, 0.6) is 17.2 Å². The van der Waals surface area contributed by atoms with E-state index in [0.29, 0.717) is 64.4 Å². The Morgan fingerprint density at radius 1 is 0.450 bits per heavy atom. The first-order valence-electron chi connectivity index (χ1n) is 24.5. The van der Waals surface area contributed by atoms with Gasteiger partial charge in [-0.25, -0.2) is 0 Å². The quantitative estimate of drug-likeness (QED) is 0.153. The van der Waals surface area contributed by atoms with Crippen molar-refractivity contribution in [2.45, 2.75) is 172 Å². The van der Waals surface area contributed by atoms with E-state index in [9.17, 15) is 30.6 Å². The van der Waals surface area contributed by atoms with Crippen molar-refractivity contribution in [1.82, 2.24) is 0 Å². The van der Waals surface area contributed by atoms with Crippen LogP contribution in [0.4, 0.5) is 0 Å². The highest BCUT2D eigenvalue weighted by Gasteiger charge is 2.58. The average molecular weight is 813 g/mol. The third-order valence-electron chi connectivity index (χ3n) is 21.1. The largest absolute Gasteiger partial charge is 0.507 e. The van der Waals surface area contributed by atoms with E-state index in [4.69, 9.17) is 0 Å². The molecule has 320 valence electrons. The zero-order chi connectivity index (χ0) is 41.2. The number of aliphatic hydroxyl groups excluding tert-OH is 3. The summed E-state index contributed by atoms with van der Waals surface area (Å²) in [6, 6.07) is 10.6. The van der Waals surface area contributed by atoms with Gasteiger partial charge in [-0.15, -0.1) is 0 Å². The molecule has 0 heterocycles. The third kappa shape index (κ3) is 5.05. The summed E-state index contributed by atoms with van der Waals surface area (Å²) in [5, 5.41) is 70.8. The summed E-state index contributed by atoms with van der Waals surface area (Å²) in [5.41, 5.74) is 10.4. The SMILES string of the molecule is C[C@]12CC[C@@H]3c4cc(-c5cc6c(c(-c7c(O)ccc8c7CC[C@@H]7[C@@H]8CC[C@]8(C)[C@@H](O)CC[C@@H]78)c5O)CC[C@@H]5[C@@H]6CC[C@]6(C)[C@@H](O)CC[C@@H]56)c(O)cc4CC[C@H]3[C@@H]1CC[C@@H]2O. The monoisotopic (exact) mass is 813 g/mol. The van der Waals surface area contributed by atoms with Gasteiger partial charge in [0.15, 0.2) is 0 Å². The fraction of sp³-hybridized carbons (Fsp3) is 0.667. The molecular weight excluding hydrogens is 745 g/mol. The molecule has 15 atom stereocenters. The number of fused-ring (bicyclic) bond motifs is 15. The Labute approximate surface area is 356 Å². The fourth-order valence-corrected chi connectivity index (χ4v) is 17.9. The Kier molecular flexibility index (Phi) is 8.52. The van der Waals surface area contributed by atoms with E-state index in [-0.39, 0.29) is 51.8 Å². The molecule has 0 bridgehead atoms. The number of aromatic hydroxyl groups is 3. The van der Waals surface area contributed by atoms with Crippen molar-refractivity contribution < 1.29 is 30.6 Å². The van der Waals surface area contributed by atoms with Crippen LogP contribution < -0.4 is 0 Å². The van der Waals surface area contributed by atoms with Crippen molar-refractivity contribution in [2.24, 2.45) is 51.8 Å². The standard InChI is InChI=1S/C54H68O6/c1-52-21-18-29-28-10-14-44(55)49(35(28)8-6-33(29)42(52)12-16-46(52)57)50-36-9-7-34-31(20-23-54(3)43(34)13-17-48(54)59)38(36)26-40(51(50)60)39-25-37-27(24-45(39)56)4-5-32-30(37)19-22-53(2)41(32)11-15-47(53)58/h10,14,24-26,29-34,41-43,46-48,55-60H,4-9,11-13,15-23H2,1-3H3/t29-,30+,31+,32-,33-,34-,41+,42+,43+,46+,47+,48+,52+,53+,54+/m1/s1. The van der Waals surface area contributed by atoms with Crippen molar-refractivity contribution in [2.75, 3.05) is 0 Å². The van der Waals surface area contributed by atoms with E-state index < -0.39 is 0 Å². The molecule has 0 unspecified atom stereocenters. The molecule has 9 aliphatic carbocycles. The van der Waals surface area contributed by atoms with Gasteiger partial charge in [-0.1, -0.05) is 26.8 Å². The summed E-state index contributed by atoms with van der Waals surface area (Å²) in [4.78, 5) is 0. The van der Waals surface area contributed by atoms with Crippen LogP contribution in [0.25, 0.3) is 22.3 Å². The van der Waals surface area contributed by atoms with Crippen LogP contribution in [0.3, 0.4) is 0 Å². The second-order valence-corrected chi connectivity index (χ2v) is 23.0. The van der Waals surface area contributed by atoms with Crippen LogP contribution in [0, 0.1) is 51.8 Å². The van der Waals surface area contributed by atoms with E-state index in [2.05, 4.69) is 39.0 Å². The number of phenols is 3. The van der Waals surface area contributed by atoms with E-state index in [1.165, 1.54) is 33.4 Å². The molecule has 0 aromatic heterocycles. The van der Waals surface area contributed by atoms with Gasteiger partial charge in [0, 0.05) is 22.3 Å². The van der Waals surface area contributed by atoms with Gasteiger partial charge in [0.1, 0.15) is 17.2 Å². The summed E-state index contributed by atoms with van der Waals surface area (Å²) >= 11 is 0. The molecular formula is C54H68O6. The minimum Gasteiger partial charge on any atom is -0.507 e. The molecule has 9 aliphatic rings. The fourth-order valence-electron chi connectivity index (χ4n) is 17.9. The smallest absolute Gasteiger partial charge is 0.131 e. The Bertz CT molecular complexity index is 2280. The van der Waals surface area contributed by atoms with E-state index in [1.54, 1.807) is 0 Å². The number of phenolic OH excluding ortho intramolecular Hbond substituents is 3. The molecule has 0 amide bonds. The lowest BCUT2D eigenvalue weighted by Crippen LogP contribution is -2.44. The Morgan fingerprint density at radius 2 is 0.917 bits per heavy atom. The highest BCUT2D eigenvalue weighted by molar-refractivity contribution is 5.91.